The summed E-state index contributed by atoms with van der Waals surface area (Å²) in [5.74, 6) is 4.59. The van der Waals surface area contributed by atoms with Crippen molar-refractivity contribution in [3.05, 3.63) is 108 Å². The smallest absolute Gasteiger partial charge is 0.388 e. The first-order valence-electron chi connectivity index (χ1n) is 11.1. The van der Waals surface area contributed by atoms with Crippen molar-refractivity contribution in [2.75, 3.05) is 12.4 Å². The zero-order valence-corrected chi connectivity index (χ0v) is 19.8. The first-order chi connectivity index (χ1) is 17.7. The Morgan fingerprint density at radius 2 is 1.76 bits per heavy atom. The van der Waals surface area contributed by atoms with Crippen LogP contribution >= 0.6 is 0 Å². The van der Waals surface area contributed by atoms with Gasteiger partial charge in [-0.15, -0.1) is 5.73 Å². The molecule has 1 heterocycles. The molecule has 4 aromatic rings. The minimum absolute atomic E-state index is 0.0244. The number of hydrazine groups is 1. The van der Waals surface area contributed by atoms with Crippen LogP contribution in [0, 0.1) is 5.82 Å². The Kier molecular flexibility index (Phi) is 7.02. The van der Waals surface area contributed by atoms with Gasteiger partial charge in [-0.1, -0.05) is 37.4 Å². The second-order valence-electron chi connectivity index (χ2n) is 8.07. The Bertz CT molecular complexity index is 1540. The van der Waals surface area contributed by atoms with E-state index in [1.54, 1.807) is 7.05 Å². The molecular formula is C28H23F4N5. The van der Waals surface area contributed by atoms with Gasteiger partial charge in [-0.2, -0.15) is 13.2 Å². The van der Waals surface area contributed by atoms with E-state index < -0.39 is 17.6 Å². The highest BCUT2D eigenvalue weighted by Crippen LogP contribution is 2.42. The lowest BCUT2D eigenvalue weighted by Gasteiger charge is -2.20. The Balaban J connectivity index is 2.02. The summed E-state index contributed by atoms with van der Waals surface area (Å²) < 4.78 is 57.5. The number of nitrogens with one attached hydrogen (secondary N) is 3. The van der Waals surface area contributed by atoms with Gasteiger partial charge in [0.15, 0.2) is 0 Å². The summed E-state index contributed by atoms with van der Waals surface area (Å²) in [5, 5.41) is 6.64. The van der Waals surface area contributed by atoms with Gasteiger partial charge in [0, 0.05) is 41.1 Å². The number of halogens is 4. The van der Waals surface area contributed by atoms with E-state index in [4.69, 9.17) is 5.84 Å². The average Bonchev–Trinajstić information content (AvgIpc) is 2.89. The van der Waals surface area contributed by atoms with Crippen molar-refractivity contribution in [2.24, 2.45) is 5.84 Å². The lowest BCUT2D eigenvalue weighted by Crippen LogP contribution is -2.20. The van der Waals surface area contributed by atoms with Crippen LogP contribution in [-0.4, -0.2) is 12.0 Å². The third-order valence-electron chi connectivity index (χ3n) is 5.85. The first kappa shape index (κ1) is 25.5. The standard InChI is InChI=1S/C28H23F4N5/c1-4-25(37-33)19-11-10-17(12-24(19)29)20-13-21-26(14-23(20)28(30,31)32)35-15-22(16(2)34-3)27(21)36-18-8-6-5-7-9-18/h5-15,34,37H,1-2,33H2,3H3,(H,35,36). The average molecular weight is 506 g/mol. The summed E-state index contributed by atoms with van der Waals surface area (Å²) >= 11 is 0. The molecule has 0 saturated heterocycles. The minimum atomic E-state index is -4.72. The molecule has 0 radical (unpaired) electrons. The number of pyridine rings is 1. The number of alkyl halides is 3. The SMILES string of the molecule is C=C=C(NN)c1ccc(-c2cc3c(Nc4ccccc4)c(C(=C)NC)cnc3cc2C(F)(F)F)cc1F. The van der Waals surface area contributed by atoms with Crippen molar-refractivity contribution < 1.29 is 17.6 Å². The quantitative estimate of drug-likeness (QED) is 0.0988. The molecule has 0 atom stereocenters. The maximum Gasteiger partial charge on any atom is 0.417 e. The van der Waals surface area contributed by atoms with Gasteiger partial charge in [0.25, 0.3) is 0 Å². The van der Waals surface area contributed by atoms with E-state index in [-0.39, 0.29) is 27.9 Å². The Hall–Kier alpha value is -4.59. The fraction of sp³-hybridized carbons (Fsp3) is 0.0714. The van der Waals surface area contributed by atoms with Crippen molar-refractivity contribution in [1.82, 2.24) is 15.7 Å². The molecule has 0 aliphatic rings. The van der Waals surface area contributed by atoms with E-state index >= 15 is 0 Å². The van der Waals surface area contributed by atoms with E-state index in [2.05, 4.69) is 39.9 Å². The zero-order valence-electron chi connectivity index (χ0n) is 19.8. The number of fused-ring (bicyclic) bond motifs is 1. The lowest BCUT2D eigenvalue weighted by molar-refractivity contribution is -0.137. The molecule has 0 aliphatic carbocycles. The van der Waals surface area contributed by atoms with E-state index in [0.717, 1.165) is 17.8 Å². The van der Waals surface area contributed by atoms with Gasteiger partial charge in [-0.05, 0) is 47.5 Å². The van der Waals surface area contributed by atoms with Gasteiger partial charge < -0.3 is 16.1 Å². The molecule has 4 rings (SSSR count). The van der Waals surface area contributed by atoms with Crippen LogP contribution in [0.1, 0.15) is 16.7 Å². The summed E-state index contributed by atoms with van der Waals surface area (Å²) in [6.07, 6.45) is -3.25. The molecule has 0 bridgehead atoms. The van der Waals surface area contributed by atoms with Gasteiger partial charge in [0.1, 0.15) is 11.5 Å². The predicted molar refractivity (Wildman–Crippen MR) is 140 cm³/mol. The van der Waals surface area contributed by atoms with Crippen LogP contribution in [-0.2, 0) is 6.18 Å². The highest BCUT2D eigenvalue weighted by atomic mass is 19.4. The van der Waals surface area contributed by atoms with Crippen LogP contribution in [0.15, 0.2) is 85.7 Å². The highest BCUT2D eigenvalue weighted by molar-refractivity contribution is 6.01. The molecule has 9 heteroatoms. The molecule has 0 spiro atoms. The second-order valence-corrected chi connectivity index (χ2v) is 8.07. The molecule has 188 valence electrons. The zero-order chi connectivity index (χ0) is 26.7. The lowest BCUT2D eigenvalue weighted by atomic mass is 9.94. The number of hydrogen-bond acceptors (Lipinski definition) is 5. The number of anilines is 2. The molecular weight excluding hydrogens is 482 g/mol. The molecule has 0 amide bonds. The fourth-order valence-corrected chi connectivity index (χ4v) is 3.99. The topological polar surface area (TPSA) is 75.0 Å². The molecule has 5 N–H and O–H groups in total. The third-order valence-corrected chi connectivity index (χ3v) is 5.85. The van der Waals surface area contributed by atoms with Crippen LogP contribution in [0.3, 0.4) is 0 Å². The fourth-order valence-electron chi connectivity index (χ4n) is 3.99. The largest absolute Gasteiger partial charge is 0.417 e. The molecule has 0 aliphatic heterocycles. The summed E-state index contributed by atoms with van der Waals surface area (Å²) in [6.45, 7) is 7.43. The Morgan fingerprint density at radius 3 is 2.35 bits per heavy atom. The van der Waals surface area contributed by atoms with Gasteiger partial charge in [0.05, 0.1) is 16.8 Å². The van der Waals surface area contributed by atoms with Crippen LogP contribution in [0.5, 0.6) is 0 Å². The molecule has 3 aromatic carbocycles. The van der Waals surface area contributed by atoms with E-state index in [9.17, 15) is 17.6 Å². The van der Waals surface area contributed by atoms with Gasteiger partial charge in [0.2, 0.25) is 0 Å². The van der Waals surface area contributed by atoms with Crippen molar-refractivity contribution >= 4 is 33.7 Å². The number of nitrogens with two attached hydrogens (primary N) is 1. The predicted octanol–water partition coefficient (Wildman–Crippen LogP) is 6.58. The Morgan fingerprint density at radius 1 is 1.03 bits per heavy atom. The third kappa shape index (κ3) is 5.04. The normalized spacial score (nSPS) is 11.1. The number of rotatable bonds is 7. The number of aromatic nitrogens is 1. The van der Waals surface area contributed by atoms with E-state index in [0.29, 0.717) is 22.3 Å². The summed E-state index contributed by atoms with van der Waals surface area (Å²) in [5.41, 5.74) is 6.14. The van der Waals surface area contributed by atoms with Gasteiger partial charge in [-0.25, -0.2) is 10.2 Å². The van der Waals surface area contributed by atoms with Crippen LogP contribution in [0.2, 0.25) is 0 Å². The summed E-state index contributed by atoms with van der Waals surface area (Å²) in [6, 6.07) is 15.2. The van der Waals surface area contributed by atoms with Gasteiger partial charge in [-0.3, -0.25) is 4.98 Å². The van der Waals surface area contributed by atoms with Crippen molar-refractivity contribution in [2.45, 2.75) is 6.18 Å². The van der Waals surface area contributed by atoms with Crippen LogP contribution < -0.4 is 21.9 Å². The molecule has 1 aromatic heterocycles. The number of nitrogens with zero attached hydrogens (tertiary/aromatic N) is 1. The van der Waals surface area contributed by atoms with Crippen molar-refractivity contribution in [3.8, 4) is 11.1 Å². The van der Waals surface area contributed by atoms with Crippen molar-refractivity contribution in [1.29, 1.82) is 0 Å². The number of para-hydroxylation sites is 1. The van der Waals surface area contributed by atoms with Crippen molar-refractivity contribution in [3.63, 3.8) is 0 Å². The summed E-state index contributed by atoms with van der Waals surface area (Å²) in [7, 11) is 1.68. The second kappa shape index (κ2) is 10.2. The molecule has 5 nitrogen and oxygen atoms in total. The monoisotopic (exact) mass is 505 g/mol. The number of hydrogen-bond donors (Lipinski definition) is 4. The number of benzene rings is 3. The first-order valence-corrected chi connectivity index (χ1v) is 11.1. The molecule has 37 heavy (non-hydrogen) atoms. The molecule has 0 fully saturated rings. The maximum atomic E-state index is 15.0. The van der Waals surface area contributed by atoms with Crippen LogP contribution in [0.25, 0.3) is 33.4 Å². The summed E-state index contributed by atoms with van der Waals surface area (Å²) in [4.78, 5) is 4.28. The van der Waals surface area contributed by atoms with Crippen LogP contribution in [0.4, 0.5) is 28.9 Å². The van der Waals surface area contributed by atoms with E-state index in [1.165, 1.54) is 24.4 Å². The van der Waals surface area contributed by atoms with E-state index in [1.807, 2.05) is 30.3 Å². The maximum absolute atomic E-state index is 15.0. The minimum Gasteiger partial charge on any atom is -0.388 e. The molecule has 0 unspecified atom stereocenters. The molecule has 0 saturated carbocycles. The highest BCUT2D eigenvalue weighted by Gasteiger charge is 2.35. The van der Waals surface area contributed by atoms with Gasteiger partial charge >= 0.3 is 6.18 Å². The Labute approximate surface area is 211 Å².